The molecule has 0 aliphatic rings. The quantitative estimate of drug-likeness (QED) is 0.207. The Morgan fingerprint density at radius 3 is 2.45 bits per heavy atom. The van der Waals surface area contributed by atoms with Crippen molar-refractivity contribution in [1.29, 1.82) is 0 Å². The Kier molecular flexibility index (Phi) is 8.66. The monoisotopic (exact) mass is 516 g/mol. The maximum atomic E-state index is 14.8. The van der Waals surface area contributed by atoms with Crippen molar-refractivity contribution in [3.8, 4) is 33.7 Å². The van der Waals surface area contributed by atoms with Crippen molar-refractivity contribution in [2.24, 2.45) is 0 Å². The second kappa shape index (κ2) is 12.3. The molecule has 0 bridgehead atoms. The van der Waals surface area contributed by atoms with Crippen molar-refractivity contribution in [2.75, 3.05) is 20.8 Å². The Hall–Kier alpha value is -4.30. The van der Waals surface area contributed by atoms with Crippen LogP contribution in [0, 0.1) is 12.7 Å². The van der Waals surface area contributed by atoms with Crippen LogP contribution in [0.15, 0.2) is 71.3 Å². The van der Waals surface area contributed by atoms with Crippen LogP contribution < -0.4 is 5.32 Å². The third-order valence-electron chi connectivity index (χ3n) is 6.33. The zero-order valence-electron chi connectivity index (χ0n) is 21.5. The minimum atomic E-state index is -0.680. The van der Waals surface area contributed by atoms with Crippen LogP contribution >= 0.6 is 0 Å². The van der Waals surface area contributed by atoms with Crippen LogP contribution in [0.2, 0.25) is 0 Å². The maximum absolute atomic E-state index is 14.8. The van der Waals surface area contributed by atoms with Gasteiger partial charge in [0.15, 0.2) is 5.76 Å². The summed E-state index contributed by atoms with van der Waals surface area (Å²) in [6.07, 6.45) is 0.573. The molecular formula is C30H29FN2O5. The lowest BCUT2D eigenvalue weighted by Gasteiger charge is -2.15. The molecule has 196 valence electrons. The molecule has 38 heavy (non-hydrogen) atoms. The molecule has 8 heteroatoms. The molecule has 0 atom stereocenters. The van der Waals surface area contributed by atoms with E-state index in [1.165, 1.54) is 19.2 Å². The molecule has 0 saturated carbocycles. The number of aromatic nitrogens is 1. The van der Waals surface area contributed by atoms with Crippen LogP contribution in [0.1, 0.15) is 34.3 Å². The summed E-state index contributed by atoms with van der Waals surface area (Å²) in [4.78, 5) is 23.5. The number of halogens is 1. The van der Waals surface area contributed by atoms with E-state index in [0.717, 1.165) is 27.8 Å². The molecule has 3 aromatic carbocycles. The highest BCUT2D eigenvalue weighted by Crippen LogP contribution is 2.35. The number of amides is 1. The van der Waals surface area contributed by atoms with Gasteiger partial charge in [-0.2, -0.15) is 0 Å². The van der Waals surface area contributed by atoms with Crippen molar-refractivity contribution in [3.63, 3.8) is 0 Å². The predicted molar refractivity (Wildman–Crippen MR) is 142 cm³/mol. The van der Waals surface area contributed by atoms with Crippen LogP contribution in [-0.4, -0.2) is 37.8 Å². The summed E-state index contributed by atoms with van der Waals surface area (Å²) in [5, 5.41) is 6.76. The largest absolute Gasteiger partial charge is 0.469 e. The van der Waals surface area contributed by atoms with Crippen molar-refractivity contribution >= 4 is 11.9 Å². The molecule has 4 aromatic rings. The van der Waals surface area contributed by atoms with Gasteiger partial charge in [-0.15, -0.1) is 0 Å². The van der Waals surface area contributed by atoms with Gasteiger partial charge in [0.25, 0.3) is 5.91 Å². The normalized spacial score (nSPS) is 10.8. The number of ether oxygens (including phenoxy) is 2. The number of rotatable bonds is 10. The summed E-state index contributed by atoms with van der Waals surface area (Å²) in [7, 11) is 2.95. The number of nitrogens with zero attached hydrogens (tertiary/aromatic N) is 1. The average molecular weight is 517 g/mol. The van der Waals surface area contributed by atoms with Gasteiger partial charge in [-0.3, -0.25) is 9.59 Å². The van der Waals surface area contributed by atoms with Crippen LogP contribution in [0.3, 0.4) is 0 Å². The first-order valence-corrected chi connectivity index (χ1v) is 12.2. The molecule has 4 rings (SSSR count). The number of hydrogen-bond acceptors (Lipinski definition) is 6. The number of hydrogen-bond donors (Lipinski definition) is 1. The van der Waals surface area contributed by atoms with E-state index in [0.29, 0.717) is 30.0 Å². The van der Waals surface area contributed by atoms with E-state index in [2.05, 4.69) is 27.3 Å². The number of benzene rings is 3. The SMILES string of the molecule is COCc1c(-c2cc(-c3ccc(C(=O)NCCCC(=O)OC)c(F)c3)no2)ccc(-c2ccccc2)c1C. The van der Waals surface area contributed by atoms with E-state index in [4.69, 9.17) is 9.26 Å². The van der Waals surface area contributed by atoms with Gasteiger partial charge in [0.2, 0.25) is 0 Å². The van der Waals surface area contributed by atoms with Crippen LogP contribution in [-0.2, 0) is 20.9 Å². The smallest absolute Gasteiger partial charge is 0.305 e. The molecule has 1 heterocycles. The van der Waals surface area contributed by atoms with Crippen LogP contribution in [0.5, 0.6) is 0 Å². The van der Waals surface area contributed by atoms with E-state index < -0.39 is 11.7 Å². The molecule has 0 aliphatic carbocycles. The first-order chi connectivity index (χ1) is 18.4. The number of methoxy groups -OCH3 is 2. The van der Waals surface area contributed by atoms with Gasteiger partial charge in [-0.25, -0.2) is 4.39 Å². The third-order valence-corrected chi connectivity index (χ3v) is 6.33. The number of esters is 1. The highest BCUT2D eigenvalue weighted by molar-refractivity contribution is 5.95. The summed E-state index contributed by atoms with van der Waals surface area (Å²) >= 11 is 0. The topological polar surface area (TPSA) is 90.7 Å². The van der Waals surface area contributed by atoms with Gasteiger partial charge in [-0.05, 0) is 47.7 Å². The molecule has 0 aliphatic heterocycles. The molecule has 7 nitrogen and oxygen atoms in total. The molecule has 0 fully saturated rings. The molecule has 1 aromatic heterocycles. The summed E-state index contributed by atoms with van der Waals surface area (Å²) in [6.45, 7) is 2.66. The Balaban J connectivity index is 1.54. The number of carbonyl (C=O) groups excluding carboxylic acids is 2. The zero-order chi connectivity index (χ0) is 27.1. The fraction of sp³-hybridized carbons (Fsp3) is 0.233. The summed E-state index contributed by atoms with van der Waals surface area (Å²) in [6, 6.07) is 20.1. The Bertz CT molecular complexity index is 1430. The third kappa shape index (κ3) is 5.98. The van der Waals surface area contributed by atoms with Crippen molar-refractivity contribution in [2.45, 2.75) is 26.4 Å². The average Bonchev–Trinajstić information content (AvgIpc) is 3.42. The fourth-order valence-corrected chi connectivity index (χ4v) is 4.28. The van der Waals surface area contributed by atoms with Gasteiger partial charge in [0.05, 0.1) is 19.3 Å². The van der Waals surface area contributed by atoms with E-state index >= 15 is 0 Å². The lowest BCUT2D eigenvalue weighted by atomic mass is 9.92. The molecule has 0 spiro atoms. The lowest BCUT2D eigenvalue weighted by molar-refractivity contribution is -0.140. The van der Waals surface area contributed by atoms with Crippen molar-refractivity contribution in [1.82, 2.24) is 10.5 Å². The minimum Gasteiger partial charge on any atom is -0.469 e. The minimum absolute atomic E-state index is 0.0926. The van der Waals surface area contributed by atoms with Crippen molar-refractivity contribution < 1.29 is 28.0 Å². The molecule has 1 N–H and O–H groups in total. The second-order valence-corrected chi connectivity index (χ2v) is 8.77. The van der Waals surface area contributed by atoms with Gasteiger partial charge < -0.3 is 19.3 Å². The van der Waals surface area contributed by atoms with Gasteiger partial charge >= 0.3 is 5.97 Å². The Labute approximate surface area is 220 Å². The standard InChI is InChI=1S/C30H29FN2O5/c1-19-22(20-8-5-4-6-9-20)13-14-23(25(19)18-36-2)28-17-27(33-38-28)21-11-12-24(26(31)16-21)30(35)32-15-7-10-29(34)37-3/h4-6,8-9,11-14,16-17H,7,10,15,18H2,1-3H3,(H,32,35). The second-order valence-electron chi connectivity index (χ2n) is 8.77. The number of nitrogens with one attached hydrogen (secondary N) is 1. The van der Waals surface area contributed by atoms with E-state index in [9.17, 15) is 14.0 Å². The predicted octanol–water partition coefficient (Wildman–Crippen LogP) is 5.95. The maximum Gasteiger partial charge on any atom is 0.305 e. The first-order valence-electron chi connectivity index (χ1n) is 12.2. The summed E-state index contributed by atoms with van der Waals surface area (Å²) in [5.41, 5.74) is 5.92. The van der Waals surface area contributed by atoms with Gasteiger partial charge in [-0.1, -0.05) is 53.7 Å². The van der Waals surface area contributed by atoms with E-state index in [-0.39, 0.29) is 24.5 Å². The van der Waals surface area contributed by atoms with E-state index in [1.807, 2.05) is 37.3 Å². The lowest BCUT2D eigenvalue weighted by Crippen LogP contribution is -2.25. The molecule has 1 amide bonds. The summed E-state index contributed by atoms with van der Waals surface area (Å²) < 4.78 is 30.5. The first kappa shape index (κ1) is 26.8. The molecule has 0 unspecified atom stereocenters. The van der Waals surface area contributed by atoms with Crippen LogP contribution in [0.25, 0.3) is 33.7 Å². The Morgan fingerprint density at radius 2 is 1.74 bits per heavy atom. The molecular weight excluding hydrogens is 487 g/mol. The zero-order valence-corrected chi connectivity index (χ0v) is 21.5. The van der Waals surface area contributed by atoms with Crippen molar-refractivity contribution in [3.05, 3.63) is 89.2 Å². The molecule has 0 saturated heterocycles. The highest BCUT2D eigenvalue weighted by atomic mass is 19.1. The summed E-state index contributed by atoms with van der Waals surface area (Å²) in [5.74, 6) is -1.07. The molecule has 0 radical (unpaired) electrons. The number of carbonyl (C=O) groups is 2. The van der Waals surface area contributed by atoms with Gasteiger partial charge in [0, 0.05) is 37.3 Å². The van der Waals surface area contributed by atoms with Crippen LogP contribution in [0.4, 0.5) is 4.39 Å². The Morgan fingerprint density at radius 1 is 0.974 bits per heavy atom. The fourth-order valence-electron chi connectivity index (χ4n) is 4.28. The van der Waals surface area contributed by atoms with Gasteiger partial charge in [0.1, 0.15) is 11.5 Å². The highest BCUT2D eigenvalue weighted by Gasteiger charge is 2.18. The van der Waals surface area contributed by atoms with E-state index in [1.54, 1.807) is 19.2 Å².